The van der Waals surface area contributed by atoms with Crippen LogP contribution in [0.1, 0.15) is 19.8 Å². The van der Waals surface area contributed by atoms with Gasteiger partial charge >= 0.3 is 5.97 Å². The number of aliphatic carboxylic acids is 1. The zero-order chi connectivity index (χ0) is 13.6. The van der Waals surface area contributed by atoms with Crippen LogP contribution in [-0.2, 0) is 14.4 Å². The number of rotatable bonds is 7. The Labute approximate surface area is 98.0 Å². The van der Waals surface area contributed by atoms with Gasteiger partial charge in [-0.05, 0) is 13.3 Å². The summed E-state index contributed by atoms with van der Waals surface area (Å²) in [5, 5.41) is 19.9. The number of hydrogen-bond donors (Lipinski definition) is 5. The Hall–Kier alpha value is -1.67. The van der Waals surface area contributed by atoms with Crippen molar-refractivity contribution in [3.05, 3.63) is 0 Å². The Morgan fingerprint density at radius 1 is 1.35 bits per heavy atom. The van der Waals surface area contributed by atoms with Gasteiger partial charge in [0.05, 0.1) is 12.1 Å². The smallest absolute Gasteiger partial charge is 0.328 e. The second-order valence-corrected chi connectivity index (χ2v) is 3.68. The maximum absolute atomic E-state index is 11.4. The van der Waals surface area contributed by atoms with E-state index in [9.17, 15) is 14.4 Å². The molecule has 0 unspecified atom stereocenters. The maximum atomic E-state index is 11.4. The van der Waals surface area contributed by atoms with Gasteiger partial charge in [0.1, 0.15) is 0 Å². The van der Waals surface area contributed by atoms with E-state index in [1.165, 1.54) is 6.92 Å². The number of aliphatic hydroxyl groups is 1. The number of carbonyl (C=O) groups excluding carboxylic acids is 2. The summed E-state index contributed by atoms with van der Waals surface area (Å²) in [4.78, 5) is 32.6. The highest BCUT2D eigenvalue weighted by atomic mass is 16.4. The molecular weight excluding hydrogens is 230 g/mol. The molecule has 0 aliphatic heterocycles. The summed E-state index contributed by atoms with van der Waals surface area (Å²) in [5.41, 5.74) is 10.3. The first kappa shape index (κ1) is 15.3. The maximum Gasteiger partial charge on any atom is 0.328 e. The van der Waals surface area contributed by atoms with Crippen LogP contribution in [0, 0.1) is 0 Å². The van der Waals surface area contributed by atoms with Crippen LogP contribution in [0.3, 0.4) is 0 Å². The van der Waals surface area contributed by atoms with E-state index in [2.05, 4.69) is 5.32 Å². The number of aliphatic hydroxyl groups excluding tert-OH is 1. The van der Waals surface area contributed by atoms with Crippen LogP contribution in [-0.4, -0.2) is 46.2 Å². The average Bonchev–Trinajstić information content (AvgIpc) is 2.20. The fraction of sp³-hybridized carbons (Fsp3) is 0.667. The number of nitrogens with two attached hydrogens (primary N) is 2. The Balaban J connectivity index is 4.31. The van der Waals surface area contributed by atoms with Crippen molar-refractivity contribution in [1.82, 2.24) is 5.32 Å². The first-order valence-corrected chi connectivity index (χ1v) is 5.00. The molecule has 0 aromatic carbocycles. The number of carboxylic acid groups (broad SMARTS) is 1. The van der Waals surface area contributed by atoms with Crippen LogP contribution in [0.4, 0.5) is 0 Å². The second kappa shape index (κ2) is 6.81. The molecule has 3 atom stereocenters. The molecule has 0 saturated carbocycles. The van der Waals surface area contributed by atoms with Crippen molar-refractivity contribution in [2.45, 2.75) is 38.0 Å². The van der Waals surface area contributed by atoms with Crippen LogP contribution < -0.4 is 16.8 Å². The monoisotopic (exact) mass is 247 g/mol. The van der Waals surface area contributed by atoms with Gasteiger partial charge in [0, 0.05) is 6.42 Å². The summed E-state index contributed by atoms with van der Waals surface area (Å²) in [5.74, 6) is -2.71. The Morgan fingerprint density at radius 3 is 2.24 bits per heavy atom. The zero-order valence-electron chi connectivity index (χ0n) is 9.42. The molecule has 0 saturated heterocycles. The lowest BCUT2D eigenvalue weighted by atomic mass is 10.1. The van der Waals surface area contributed by atoms with E-state index in [0.29, 0.717) is 0 Å². The van der Waals surface area contributed by atoms with Crippen LogP contribution in [0.2, 0.25) is 0 Å². The van der Waals surface area contributed by atoms with Gasteiger partial charge in [-0.25, -0.2) is 4.79 Å². The standard InChI is InChI=1S/C9H17N3O5/c1-4(13)7(9(16)17)12-8(15)5(10)2-3-6(11)14/h4-5,7,13H,2-3,10H2,1H3,(H2,11,14)(H,12,15)(H,16,17)/t4-,5+,7+/m1/s1. The van der Waals surface area contributed by atoms with E-state index in [1.54, 1.807) is 0 Å². The second-order valence-electron chi connectivity index (χ2n) is 3.68. The van der Waals surface area contributed by atoms with Crippen molar-refractivity contribution < 1.29 is 24.6 Å². The van der Waals surface area contributed by atoms with Crippen molar-refractivity contribution in [1.29, 1.82) is 0 Å². The molecule has 98 valence electrons. The molecule has 8 heteroatoms. The highest BCUT2D eigenvalue weighted by Gasteiger charge is 2.27. The minimum Gasteiger partial charge on any atom is -0.480 e. The van der Waals surface area contributed by atoms with Crippen molar-refractivity contribution in [3.8, 4) is 0 Å². The van der Waals surface area contributed by atoms with E-state index in [4.69, 9.17) is 21.7 Å². The lowest BCUT2D eigenvalue weighted by molar-refractivity contribution is -0.145. The number of nitrogens with one attached hydrogen (secondary N) is 1. The van der Waals surface area contributed by atoms with Gasteiger partial charge in [-0.1, -0.05) is 0 Å². The molecule has 7 N–H and O–H groups in total. The molecule has 0 bridgehead atoms. The lowest BCUT2D eigenvalue weighted by Gasteiger charge is -2.19. The molecule has 2 amide bonds. The molecule has 17 heavy (non-hydrogen) atoms. The van der Waals surface area contributed by atoms with E-state index in [1.807, 2.05) is 0 Å². The average molecular weight is 247 g/mol. The molecule has 0 aromatic rings. The minimum absolute atomic E-state index is 0.0211. The summed E-state index contributed by atoms with van der Waals surface area (Å²) in [6.45, 7) is 1.23. The van der Waals surface area contributed by atoms with Gasteiger partial charge in [0.15, 0.2) is 6.04 Å². The SMILES string of the molecule is C[C@@H](O)[C@H](NC(=O)[C@@H](N)CCC(N)=O)C(=O)O. The van der Waals surface area contributed by atoms with Gasteiger partial charge in [-0.3, -0.25) is 9.59 Å². The third-order valence-corrected chi connectivity index (χ3v) is 2.08. The number of primary amides is 1. The summed E-state index contributed by atoms with van der Waals surface area (Å²) in [6, 6.07) is -2.47. The van der Waals surface area contributed by atoms with Gasteiger partial charge in [-0.2, -0.15) is 0 Å². The van der Waals surface area contributed by atoms with Gasteiger partial charge in [0.2, 0.25) is 11.8 Å². The molecule has 0 fully saturated rings. The third-order valence-electron chi connectivity index (χ3n) is 2.08. The van der Waals surface area contributed by atoms with Crippen LogP contribution in [0.25, 0.3) is 0 Å². The molecule has 0 rings (SSSR count). The Bertz CT molecular complexity index is 305. The normalized spacial score (nSPS) is 15.7. The topological polar surface area (TPSA) is 156 Å². The molecule has 0 spiro atoms. The predicted molar refractivity (Wildman–Crippen MR) is 57.7 cm³/mol. The van der Waals surface area contributed by atoms with Crippen molar-refractivity contribution >= 4 is 17.8 Å². The van der Waals surface area contributed by atoms with Crippen LogP contribution in [0.15, 0.2) is 0 Å². The van der Waals surface area contributed by atoms with Gasteiger partial charge < -0.3 is 27.0 Å². The molecule has 0 aliphatic rings. The van der Waals surface area contributed by atoms with E-state index in [0.717, 1.165) is 0 Å². The highest BCUT2D eigenvalue weighted by Crippen LogP contribution is 1.98. The molecule has 0 aliphatic carbocycles. The predicted octanol–water partition coefficient (Wildman–Crippen LogP) is -2.47. The molecular formula is C9H17N3O5. The Kier molecular flexibility index (Phi) is 6.15. The number of carbonyl (C=O) groups is 3. The summed E-state index contributed by atoms with van der Waals surface area (Å²) in [7, 11) is 0. The molecule has 8 nitrogen and oxygen atoms in total. The summed E-state index contributed by atoms with van der Waals surface area (Å²) < 4.78 is 0. The highest BCUT2D eigenvalue weighted by molar-refractivity contribution is 5.87. The first-order chi connectivity index (χ1) is 7.75. The van der Waals surface area contributed by atoms with E-state index >= 15 is 0 Å². The first-order valence-electron chi connectivity index (χ1n) is 5.00. The Morgan fingerprint density at radius 2 is 1.88 bits per heavy atom. The summed E-state index contributed by atoms with van der Waals surface area (Å²) in [6.07, 6.45) is -1.30. The van der Waals surface area contributed by atoms with E-state index in [-0.39, 0.29) is 12.8 Å². The van der Waals surface area contributed by atoms with Crippen molar-refractivity contribution in [2.24, 2.45) is 11.5 Å². The lowest BCUT2D eigenvalue weighted by Crippen LogP contribution is -2.52. The van der Waals surface area contributed by atoms with E-state index < -0.39 is 36.0 Å². The van der Waals surface area contributed by atoms with Crippen molar-refractivity contribution in [3.63, 3.8) is 0 Å². The molecule has 0 radical (unpaired) electrons. The van der Waals surface area contributed by atoms with Gasteiger partial charge in [0.25, 0.3) is 0 Å². The molecule has 0 aromatic heterocycles. The number of amides is 2. The quantitative estimate of drug-likeness (QED) is 0.335. The fourth-order valence-corrected chi connectivity index (χ4v) is 1.08. The fourth-order valence-electron chi connectivity index (χ4n) is 1.08. The van der Waals surface area contributed by atoms with Crippen LogP contribution in [0.5, 0.6) is 0 Å². The van der Waals surface area contributed by atoms with Crippen LogP contribution >= 0.6 is 0 Å². The van der Waals surface area contributed by atoms with Crippen molar-refractivity contribution in [2.75, 3.05) is 0 Å². The third kappa shape index (κ3) is 5.83. The number of carboxylic acids is 1. The summed E-state index contributed by atoms with van der Waals surface area (Å²) >= 11 is 0. The zero-order valence-corrected chi connectivity index (χ0v) is 9.42. The number of hydrogen-bond acceptors (Lipinski definition) is 5. The largest absolute Gasteiger partial charge is 0.480 e. The molecule has 0 heterocycles. The van der Waals surface area contributed by atoms with Gasteiger partial charge in [-0.15, -0.1) is 0 Å². The minimum atomic E-state index is -1.43.